The normalized spacial score (nSPS) is 12.6. The van der Waals surface area contributed by atoms with Crippen LogP contribution in [-0.4, -0.2) is 58.0 Å². The summed E-state index contributed by atoms with van der Waals surface area (Å²) < 4.78 is 40.1. The predicted molar refractivity (Wildman–Crippen MR) is 164 cm³/mol. The Balaban J connectivity index is 2.15. The van der Waals surface area contributed by atoms with Crippen LogP contribution in [0.25, 0.3) is 0 Å². The van der Waals surface area contributed by atoms with E-state index in [1.165, 1.54) is 37.3 Å². The largest absolute Gasteiger partial charge is 0.497 e. The van der Waals surface area contributed by atoms with E-state index >= 15 is 0 Å². The minimum atomic E-state index is -4.25. The van der Waals surface area contributed by atoms with Crippen molar-refractivity contribution < 1.29 is 27.5 Å². The third-order valence-electron chi connectivity index (χ3n) is 7.25. The number of hydrogen-bond acceptors (Lipinski definition) is 6. The average Bonchev–Trinajstić information content (AvgIpc) is 3.00. The second kappa shape index (κ2) is 14.7. The quantitative estimate of drug-likeness (QED) is 0.283. The third kappa shape index (κ3) is 7.61. The van der Waals surface area contributed by atoms with E-state index in [1.54, 1.807) is 30.3 Å². The first-order valence-corrected chi connectivity index (χ1v) is 15.4. The van der Waals surface area contributed by atoms with Crippen molar-refractivity contribution in [2.45, 2.75) is 64.1 Å². The lowest BCUT2D eigenvalue weighted by molar-refractivity contribution is -0.140. The number of nitrogens with one attached hydrogen (secondary N) is 1. The lowest BCUT2D eigenvalue weighted by atomic mass is 10.1. The molecule has 0 bridgehead atoms. The number of hydrogen-bond donors (Lipinski definition) is 1. The standard InChI is InChI=1S/C32H41N3O6S/c1-7-24(4)33-32(37)28(8-2)34(21-25-15-13-12-14-23(25)3)31(36)22-35(42(38,39)27-16-10-9-11-17-27)29-20-26(40-5)18-19-30(29)41-6/h9-20,24,28H,7-8,21-22H2,1-6H3,(H,33,37)/t24-,28+/m1/s1. The van der Waals surface area contributed by atoms with Crippen molar-refractivity contribution in [1.82, 2.24) is 10.2 Å². The second-order valence-corrected chi connectivity index (χ2v) is 11.9. The Bertz CT molecular complexity index is 1460. The molecular weight excluding hydrogens is 554 g/mol. The fourth-order valence-corrected chi connectivity index (χ4v) is 5.99. The molecule has 0 aliphatic carbocycles. The maximum absolute atomic E-state index is 14.3. The number of rotatable bonds is 14. The van der Waals surface area contributed by atoms with Gasteiger partial charge < -0.3 is 19.7 Å². The van der Waals surface area contributed by atoms with E-state index in [9.17, 15) is 18.0 Å². The predicted octanol–water partition coefficient (Wildman–Crippen LogP) is 4.93. The molecule has 3 aromatic carbocycles. The van der Waals surface area contributed by atoms with Crippen LogP contribution in [0, 0.1) is 6.92 Å². The van der Waals surface area contributed by atoms with Crippen LogP contribution in [0.15, 0.2) is 77.7 Å². The van der Waals surface area contributed by atoms with E-state index in [0.717, 1.165) is 21.9 Å². The fraction of sp³-hybridized carbons (Fsp3) is 0.375. The Labute approximate surface area is 249 Å². The number of nitrogens with zero attached hydrogens (tertiary/aromatic N) is 2. The van der Waals surface area contributed by atoms with Crippen LogP contribution in [0.4, 0.5) is 5.69 Å². The Kier molecular flexibility index (Phi) is 11.4. The summed E-state index contributed by atoms with van der Waals surface area (Å²) >= 11 is 0. The summed E-state index contributed by atoms with van der Waals surface area (Å²) in [6.45, 7) is 7.21. The van der Waals surface area contributed by atoms with Gasteiger partial charge >= 0.3 is 0 Å². The lowest BCUT2D eigenvalue weighted by Crippen LogP contribution is -2.53. The van der Waals surface area contributed by atoms with E-state index in [4.69, 9.17) is 9.47 Å². The molecule has 3 aromatic rings. The van der Waals surface area contributed by atoms with Gasteiger partial charge in [-0.05, 0) is 62.1 Å². The zero-order valence-corrected chi connectivity index (χ0v) is 26.0. The van der Waals surface area contributed by atoms with Crippen molar-refractivity contribution in [3.8, 4) is 11.5 Å². The Morgan fingerprint density at radius 3 is 2.17 bits per heavy atom. The highest BCUT2D eigenvalue weighted by atomic mass is 32.2. The summed E-state index contributed by atoms with van der Waals surface area (Å²) in [5, 5.41) is 2.99. The number of anilines is 1. The molecule has 0 aliphatic heterocycles. The molecule has 226 valence electrons. The van der Waals surface area contributed by atoms with Crippen molar-refractivity contribution in [3.63, 3.8) is 0 Å². The van der Waals surface area contributed by atoms with Gasteiger partial charge in [0.1, 0.15) is 24.1 Å². The van der Waals surface area contributed by atoms with Crippen LogP contribution in [0.2, 0.25) is 0 Å². The topological polar surface area (TPSA) is 105 Å². The number of sulfonamides is 1. The molecule has 0 saturated heterocycles. The number of aryl methyl sites for hydroxylation is 1. The monoisotopic (exact) mass is 595 g/mol. The highest BCUT2D eigenvalue weighted by molar-refractivity contribution is 7.92. The van der Waals surface area contributed by atoms with Crippen LogP contribution in [0.3, 0.4) is 0 Å². The SMILES string of the molecule is CC[C@@H](C)NC(=O)[C@H](CC)N(Cc1ccccc1C)C(=O)CN(c1cc(OC)ccc1OC)S(=O)(=O)c1ccccc1. The summed E-state index contributed by atoms with van der Waals surface area (Å²) in [5.74, 6) is -0.184. The lowest BCUT2D eigenvalue weighted by Gasteiger charge is -2.34. The third-order valence-corrected chi connectivity index (χ3v) is 9.03. The summed E-state index contributed by atoms with van der Waals surface area (Å²) in [6.07, 6.45) is 1.07. The highest BCUT2D eigenvalue weighted by Gasteiger charge is 2.35. The van der Waals surface area contributed by atoms with E-state index in [1.807, 2.05) is 52.0 Å². The summed E-state index contributed by atoms with van der Waals surface area (Å²) in [4.78, 5) is 29.2. The van der Waals surface area contributed by atoms with Gasteiger partial charge in [0.25, 0.3) is 10.0 Å². The number of methoxy groups -OCH3 is 2. The first kappa shape index (κ1) is 32.5. The zero-order chi connectivity index (χ0) is 30.9. The van der Waals surface area contributed by atoms with Crippen LogP contribution in [0.1, 0.15) is 44.7 Å². The molecule has 0 fully saturated rings. The molecule has 1 N–H and O–H groups in total. The number of ether oxygens (including phenoxy) is 2. The summed E-state index contributed by atoms with van der Waals surface area (Å²) in [5.41, 5.74) is 1.95. The molecule has 42 heavy (non-hydrogen) atoms. The molecule has 0 radical (unpaired) electrons. The Hall–Kier alpha value is -4.05. The zero-order valence-electron chi connectivity index (χ0n) is 25.2. The molecule has 9 nitrogen and oxygen atoms in total. The summed E-state index contributed by atoms with van der Waals surface area (Å²) in [6, 6.07) is 19.4. The van der Waals surface area contributed by atoms with E-state index in [2.05, 4.69) is 5.32 Å². The number of carbonyl (C=O) groups is 2. The summed E-state index contributed by atoms with van der Waals surface area (Å²) in [7, 11) is -1.35. The van der Waals surface area contributed by atoms with Crippen molar-refractivity contribution >= 4 is 27.5 Å². The van der Waals surface area contributed by atoms with Crippen LogP contribution in [0.5, 0.6) is 11.5 Å². The van der Waals surface area contributed by atoms with Gasteiger partial charge in [0.2, 0.25) is 11.8 Å². The van der Waals surface area contributed by atoms with Crippen molar-refractivity contribution in [3.05, 3.63) is 83.9 Å². The number of carbonyl (C=O) groups excluding carboxylic acids is 2. The molecule has 0 aliphatic rings. The smallest absolute Gasteiger partial charge is 0.264 e. The fourth-order valence-electron chi connectivity index (χ4n) is 4.56. The Morgan fingerprint density at radius 2 is 1.57 bits per heavy atom. The van der Waals surface area contributed by atoms with Gasteiger partial charge in [-0.2, -0.15) is 0 Å². The van der Waals surface area contributed by atoms with Gasteiger partial charge in [-0.1, -0.05) is 56.3 Å². The first-order valence-electron chi connectivity index (χ1n) is 14.0. The first-order chi connectivity index (χ1) is 20.1. The minimum absolute atomic E-state index is 0.00896. The second-order valence-electron chi connectivity index (χ2n) is 10.1. The molecule has 0 unspecified atom stereocenters. The average molecular weight is 596 g/mol. The van der Waals surface area contributed by atoms with Gasteiger partial charge in [0, 0.05) is 18.7 Å². The van der Waals surface area contributed by atoms with Gasteiger partial charge in [0.05, 0.1) is 24.8 Å². The van der Waals surface area contributed by atoms with Crippen LogP contribution in [-0.2, 0) is 26.2 Å². The minimum Gasteiger partial charge on any atom is -0.497 e. The van der Waals surface area contributed by atoms with Crippen molar-refractivity contribution in [2.24, 2.45) is 0 Å². The maximum Gasteiger partial charge on any atom is 0.264 e. The molecule has 10 heteroatoms. The highest BCUT2D eigenvalue weighted by Crippen LogP contribution is 2.36. The van der Waals surface area contributed by atoms with E-state index < -0.39 is 28.5 Å². The number of amides is 2. The molecule has 2 amide bonds. The molecule has 3 rings (SSSR count). The van der Waals surface area contributed by atoms with E-state index in [0.29, 0.717) is 12.2 Å². The van der Waals surface area contributed by atoms with Crippen LogP contribution >= 0.6 is 0 Å². The molecule has 0 saturated carbocycles. The Morgan fingerprint density at radius 1 is 0.905 bits per heavy atom. The number of benzene rings is 3. The molecule has 0 heterocycles. The molecule has 0 spiro atoms. The molecule has 0 aromatic heterocycles. The molecule has 2 atom stereocenters. The van der Waals surface area contributed by atoms with Crippen LogP contribution < -0.4 is 19.1 Å². The van der Waals surface area contributed by atoms with Gasteiger partial charge in [-0.3, -0.25) is 13.9 Å². The van der Waals surface area contributed by atoms with Crippen molar-refractivity contribution in [1.29, 1.82) is 0 Å². The van der Waals surface area contributed by atoms with Gasteiger partial charge in [-0.15, -0.1) is 0 Å². The maximum atomic E-state index is 14.3. The molecular formula is C32H41N3O6S. The van der Waals surface area contributed by atoms with Gasteiger partial charge in [0.15, 0.2) is 0 Å². The van der Waals surface area contributed by atoms with Gasteiger partial charge in [-0.25, -0.2) is 8.42 Å². The van der Waals surface area contributed by atoms with E-state index in [-0.39, 0.29) is 34.8 Å². The van der Waals surface area contributed by atoms with Crippen molar-refractivity contribution in [2.75, 3.05) is 25.1 Å².